The quantitative estimate of drug-likeness (QED) is 0.865. The Morgan fingerprint density at radius 2 is 1.73 bits per heavy atom. The van der Waals surface area contributed by atoms with Crippen LogP contribution in [0.3, 0.4) is 0 Å². The Morgan fingerprint density at radius 1 is 1.00 bits per heavy atom. The molecule has 0 bridgehead atoms. The summed E-state index contributed by atoms with van der Waals surface area (Å²) in [5.41, 5.74) is 2.11. The number of likely N-dealkylation sites (N-methyl/N-ethyl adjacent to an activating group) is 1. The van der Waals surface area contributed by atoms with E-state index in [0.717, 1.165) is 44.8 Å². The average Bonchev–Trinajstić information content (AvgIpc) is 3.02. The van der Waals surface area contributed by atoms with Gasteiger partial charge in [0.05, 0.1) is 0 Å². The van der Waals surface area contributed by atoms with E-state index in [1.54, 1.807) is 0 Å². The van der Waals surface area contributed by atoms with Gasteiger partial charge in [-0.05, 0) is 31.2 Å². The lowest BCUT2D eigenvalue weighted by atomic mass is 10.1. The number of rotatable bonds is 4. The first kappa shape index (κ1) is 14.9. The second-order valence-corrected chi connectivity index (χ2v) is 5.92. The van der Waals surface area contributed by atoms with Crippen LogP contribution in [0.2, 0.25) is 0 Å². The predicted molar refractivity (Wildman–Crippen MR) is 88.0 cm³/mol. The van der Waals surface area contributed by atoms with Crippen LogP contribution >= 0.6 is 0 Å². The molecule has 0 atom stereocenters. The summed E-state index contributed by atoms with van der Waals surface area (Å²) in [5.74, 6) is 0.158. The second-order valence-electron chi connectivity index (χ2n) is 5.92. The summed E-state index contributed by atoms with van der Waals surface area (Å²) < 4.78 is 2.08. The Bertz CT molecular complexity index is 612. The number of amides is 1. The molecule has 1 saturated heterocycles. The van der Waals surface area contributed by atoms with Gasteiger partial charge in [-0.1, -0.05) is 30.3 Å². The van der Waals surface area contributed by atoms with Crippen LogP contribution in [0.15, 0.2) is 48.7 Å². The fourth-order valence-electron chi connectivity index (χ4n) is 2.87. The first-order valence-electron chi connectivity index (χ1n) is 7.91. The zero-order chi connectivity index (χ0) is 15.4. The second kappa shape index (κ2) is 6.79. The van der Waals surface area contributed by atoms with Crippen LogP contribution in [-0.4, -0.2) is 53.5 Å². The van der Waals surface area contributed by atoms with Crippen molar-refractivity contribution in [2.24, 2.45) is 0 Å². The number of carbonyl (C=O) groups is 1. The number of hydrogen-bond donors (Lipinski definition) is 0. The molecule has 0 unspecified atom stereocenters. The monoisotopic (exact) mass is 297 g/mol. The summed E-state index contributed by atoms with van der Waals surface area (Å²) in [5, 5.41) is 0. The van der Waals surface area contributed by atoms with Crippen molar-refractivity contribution in [2.75, 3.05) is 33.2 Å². The normalized spacial score (nSPS) is 16.0. The molecule has 2 aromatic rings. The summed E-state index contributed by atoms with van der Waals surface area (Å²) in [7, 11) is 2.10. The largest absolute Gasteiger partial charge is 0.343 e. The third-order valence-electron chi connectivity index (χ3n) is 4.32. The molecule has 4 nitrogen and oxygen atoms in total. The molecule has 2 heterocycles. The maximum absolute atomic E-state index is 12.7. The highest BCUT2D eigenvalue weighted by Gasteiger charge is 2.22. The minimum absolute atomic E-state index is 0.158. The van der Waals surface area contributed by atoms with E-state index in [1.165, 1.54) is 5.56 Å². The summed E-state index contributed by atoms with van der Waals surface area (Å²) in [6.45, 7) is 4.39. The van der Waals surface area contributed by atoms with E-state index in [9.17, 15) is 4.79 Å². The molecule has 116 valence electrons. The molecular weight excluding hydrogens is 274 g/mol. The van der Waals surface area contributed by atoms with E-state index >= 15 is 0 Å². The van der Waals surface area contributed by atoms with E-state index in [0.29, 0.717) is 0 Å². The summed E-state index contributed by atoms with van der Waals surface area (Å²) in [6.07, 6.45) is 2.95. The van der Waals surface area contributed by atoms with Gasteiger partial charge in [0.15, 0.2) is 0 Å². The van der Waals surface area contributed by atoms with Crippen LogP contribution < -0.4 is 0 Å². The summed E-state index contributed by atoms with van der Waals surface area (Å²) in [4.78, 5) is 16.9. The molecule has 0 spiro atoms. The topological polar surface area (TPSA) is 28.5 Å². The molecule has 22 heavy (non-hydrogen) atoms. The van der Waals surface area contributed by atoms with Gasteiger partial charge in [-0.15, -0.1) is 0 Å². The van der Waals surface area contributed by atoms with Gasteiger partial charge in [0.1, 0.15) is 5.69 Å². The molecule has 0 aliphatic carbocycles. The average molecular weight is 297 g/mol. The van der Waals surface area contributed by atoms with Crippen molar-refractivity contribution >= 4 is 5.91 Å². The Balaban J connectivity index is 1.65. The highest BCUT2D eigenvalue weighted by atomic mass is 16.2. The van der Waals surface area contributed by atoms with Gasteiger partial charge in [-0.25, -0.2) is 0 Å². The lowest BCUT2D eigenvalue weighted by molar-refractivity contribution is 0.0653. The highest BCUT2D eigenvalue weighted by molar-refractivity contribution is 5.92. The van der Waals surface area contributed by atoms with Gasteiger partial charge >= 0.3 is 0 Å². The van der Waals surface area contributed by atoms with Crippen LogP contribution in [0.1, 0.15) is 16.1 Å². The Morgan fingerprint density at radius 3 is 2.45 bits per heavy atom. The van der Waals surface area contributed by atoms with Gasteiger partial charge in [0.2, 0.25) is 0 Å². The summed E-state index contributed by atoms with van der Waals surface area (Å²) >= 11 is 0. The van der Waals surface area contributed by atoms with Crippen LogP contribution in [-0.2, 0) is 13.0 Å². The molecular formula is C18H23N3O. The van der Waals surface area contributed by atoms with Crippen LogP contribution in [0, 0.1) is 0 Å². The zero-order valence-corrected chi connectivity index (χ0v) is 13.1. The molecule has 1 fully saturated rings. The van der Waals surface area contributed by atoms with Crippen molar-refractivity contribution < 1.29 is 4.79 Å². The first-order valence-corrected chi connectivity index (χ1v) is 7.91. The number of hydrogen-bond acceptors (Lipinski definition) is 2. The molecule has 1 aromatic carbocycles. The van der Waals surface area contributed by atoms with Gasteiger partial charge in [-0.3, -0.25) is 4.79 Å². The number of benzene rings is 1. The minimum Gasteiger partial charge on any atom is -0.343 e. The van der Waals surface area contributed by atoms with Crippen molar-refractivity contribution in [3.05, 3.63) is 59.9 Å². The van der Waals surface area contributed by atoms with Gasteiger partial charge < -0.3 is 14.4 Å². The predicted octanol–water partition coefficient (Wildman–Crippen LogP) is 2.12. The number of aromatic nitrogens is 1. The van der Waals surface area contributed by atoms with Gasteiger partial charge in [0, 0.05) is 38.9 Å². The first-order chi connectivity index (χ1) is 10.7. The highest BCUT2D eigenvalue weighted by Crippen LogP contribution is 2.11. The van der Waals surface area contributed by atoms with E-state index in [4.69, 9.17) is 0 Å². The fraction of sp³-hybridized carbons (Fsp3) is 0.389. The van der Waals surface area contributed by atoms with Crippen molar-refractivity contribution in [1.29, 1.82) is 0 Å². The third-order valence-corrected chi connectivity index (χ3v) is 4.32. The molecule has 3 rings (SSSR count). The van der Waals surface area contributed by atoms with E-state index in [2.05, 4.69) is 40.8 Å². The number of aryl methyl sites for hydroxylation is 2. The molecule has 1 aliphatic heterocycles. The standard InChI is InChI=1S/C18H23N3O/c1-19-12-14-21(15-13-19)18(22)17-8-5-10-20(17)11-9-16-6-3-2-4-7-16/h2-8,10H,9,11-15H2,1H3. The fourth-order valence-corrected chi connectivity index (χ4v) is 2.87. The van der Waals surface area contributed by atoms with Crippen molar-refractivity contribution in [3.8, 4) is 0 Å². The maximum Gasteiger partial charge on any atom is 0.270 e. The summed E-state index contributed by atoms with van der Waals surface area (Å²) in [6, 6.07) is 14.3. The van der Waals surface area contributed by atoms with E-state index in [-0.39, 0.29) is 5.91 Å². The smallest absolute Gasteiger partial charge is 0.270 e. The van der Waals surface area contributed by atoms with Crippen LogP contribution in [0.5, 0.6) is 0 Å². The van der Waals surface area contributed by atoms with Crippen LogP contribution in [0.25, 0.3) is 0 Å². The maximum atomic E-state index is 12.7. The SMILES string of the molecule is CN1CCN(C(=O)c2cccn2CCc2ccccc2)CC1. The zero-order valence-electron chi connectivity index (χ0n) is 13.1. The van der Waals surface area contributed by atoms with Crippen molar-refractivity contribution in [3.63, 3.8) is 0 Å². The Labute approximate surface area is 132 Å². The lowest BCUT2D eigenvalue weighted by Crippen LogP contribution is -2.47. The molecule has 0 N–H and O–H groups in total. The Kier molecular flexibility index (Phi) is 4.59. The Hall–Kier alpha value is -2.07. The van der Waals surface area contributed by atoms with Crippen molar-refractivity contribution in [1.82, 2.24) is 14.4 Å². The molecule has 1 aromatic heterocycles. The molecule has 4 heteroatoms. The molecule has 0 saturated carbocycles. The third kappa shape index (κ3) is 3.39. The molecule has 0 radical (unpaired) electrons. The number of carbonyl (C=O) groups excluding carboxylic acids is 1. The van der Waals surface area contributed by atoms with Gasteiger partial charge in [-0.2, -0.15) is 0 Å². The molecule has 1 aliphatic rings. The van der Waals surface area contributed by atoms with E-state index in [1.807, 2.05) is 29.3 Å². The minimum atomic E-state index is 0.158. The molecule has 1 amide bonds. The number of nitrogens with zero attached hydrogens (tertiary/aromatic N) is 3. The van der Waals surface area contributed by atoms with Crippen LogP contribution in [0.4, 0.5) is 0 Å². The number of piperazine rings is 1. The van der Waals surface area contributed by atoms with E-state index < -0.39 is 0 Å². The lowest BCUT2D eigenvalue weighted by Gasteiger charge is -2.32. The van der Waals surface area contributed by atoms with Crippen molar-refractivity contribution in [2.45, 2.75) is 13.0 Å². The van der Waals surface area contributed by atoms with Gasteiger partial charge in [0.25, 0.3) is 5.91 Å².